The Morgan fingerprint density at radius 1 is 1.12 bits per heavy atom. The number of rotatable bonds is 4. The average molecular weight is 472 g/mol. The Bertz CT molecular complexity index is 1150. The number of hydrogen-bond acceptors (Lipinski definition) is 5. The van der Waals surface area contributed by atoms with Crippen molar-refractivity contribution in [3.05, 3.63) is 76.4 Å². The zero-order valence-electron chi connectivity index (χ0n) is 18.5. The zero-order valence-corrected chi connectivity index (χ0v) is 19.4. The summed E-state index contributed by atoms with van der Waals surface area (Å²) in [7, 11) is 0. The van der Waals surface area contributed by atoms with Crippen molar-refractivity contribution in [2.45, 2.75) is 26.4 Å². The minimum Gasteiger partial charge on any atom is -0.378 e. The number of morpholine rings is 1. The molecule has 1 saturated heterocycles. The third kappa shape index (κ3) is 4.78. The lowest BCUT2D eigenvalue weighted by atomic mass is 9.97. The molecule has 9 heteroatoms. The fourth-order valence-electron chi connectivity index (χ4n) is 4.55. The van der Waals surface area contributed by atoms with Gasteiger partial charge in [-0.05, 0) is 48.2 Å². The van der Waals surface area contributed by atoms with Gasteiger partial charge in [-0.15, -0.1) is 17.5 Å². The van der Waals surface area contributed by atoms with Crippen molar-refractivity contribution >= 4 is 18.3 Å². The van der Waals surface area contributed by atoms with E-state index in [0.717, 1.165) is 36.5 Å². The maximum atomic E-state index is 13.5. The van der Waals surface area contributed by atoms with Gasteiger partial charge in [0.1, 0.15) is 5.82 Å². The Kier molecular flexibility index (Phi) is 7.07. The smallest absolute Gasteiger partial charge is 0.276 e. The van der Waals surface area contributed by atoms with E-state index in [1.807, 2.05) is 25.1 Å². The van der Waals surface area contributed by atoms with Gasteiger partial charge in [0.25, 0.3) is 5.91 Å². The Morgan fingerprint density at radius 3 is 2.70 bits per heavy atom. The number of benzene rings is 2. The highest BCUT2D eigenvalue weighted by Crippen LogP contribution is 2.27. The van der Waals surface area contributed by atoms with Crippen LogP contribution in [0.3, 0.4) is 0 Å². The van der Waals surface area contributed by atoms with Gasteiger partial charge in [-0.3, -0.25) is 9.69 Å². The quantitative estimate of drug-likeness (QED) is 0.585. The van der Waals surface area contributed by atoms with Gasteiger partial charge in [0, 0.05) is 32.7 Å². The molecule has 7 nitrogen and oxygen atoms in total. The molecular formula is C24H27ClFN5O2. The summed E-state index contributed by atoms with van der Waals surface area (Å²) in [5.74, 6) is -0.297. The third-order valence-electron chi connectivity index (χ3n) is 6.24. The Balaban J connectivity index is 0.00000259. The summed E-state index contributed by atoms with van der Waals surface area (Å²) in [6, 6.07) is 13.0. The van der Waals surface area contributed by atoms with Gasteiger partial charge in [0.05, 0.1) is 24.6 Å². The van der Waals surface area contributed by atoms with Crippen molar-refractivity contribution in [2.24, 2.45) is 0 Å². The van der Waals surface area contributed by atoms with Gasteiger partial charge in [-0.2, -0.15) is 0 Å². The summed E-state index contributed by atoms with van der Waals surface area (Å²) < 4.78 is 20.7. The van der Waals surface area contributed by atoms with Crippen LogP contribution < -0.4 is 0 Å². The number of carbonyl (C=O) groups excluding carboxylic acids is 1. The second-order valence-electron chi connectivity index (χ2n) is 8.35. The van der Waals surface area contributed by atoms with E-state index in [1.165, 1.54) is 17.2 Å². The van der Waals surface area contributed by atoms with Crippen LogP contribution in [-0.2, 0) is 24.2 Å². The summed E-state index contributed by atoms with van der Waals surface area (Å²) in [5, 5.41) is 8.57. The normalized spacial score (nSPS) is 16.2. The molecule has 0 aliphatic carbocycles. The number of carbonyl (C=O) groups is 1. The van der Waals surface area contributed by atoms with Crippen LogP contribution in [0.15, 0.2) is 42.5 Å². The van der Waals surface area contributed by atoms with Crippen LogP contribution in [0, 0.1) is 12.7 Å². The molecular weight excluding hydrogens is 445 g/mol. The first-order valence-electron chi connectivity index (χ1n) is 11.0. The highest BCUT2D eigenvalue weighted by Gasteiger charge is 2.26. The lowest BCUT2D eigenvalue weighted by molar-refractivity contribution is 0.0298. The van der Waals surface area contributed by atoms with E-state index in [9.17, 15) is 9.18 Å². The number of ether oxygens (including phenoxy) is 1. The predicted molar refractivity (Wildman–Crippen MR) is 124 cm³/mol. The third-order valence-corrected chi connectivity index (χ3v) is 6.24. The molecule has 2 aromatic carbocycles. The van der Waals surface area contributed by atoms with Crippen molar-refractivity contribution in [3.8, 4) is 5.69 Å². The van der Waals surface area contributed by atoms with Gasteiger partial charge in [0.15, 0.2) is 5.69 Å². The summed E-state index contributed by atoms with van der Waals surface area (Å²) in [4.78, 5) is 17.0. The Labute approximate surface area is 198 Å². The minimum atomic E-state index is -0.203. The van der Waals surface area contributed by atoms with Gasteiger partial charge >= 0.3 is 0 Å². The van der Waals surface area contributed by atoms with E-state index in [1.54, 1.807) is 21.7 Å². The number of halogens is 2. The second kappa shape index (κ2) is 9.99. The average Bonchev–Trinajstić information content (AvgIpc) is 3.19. The lowest BCUT2D eigenvalue weighted by Gasteiger charge is -2.30. The molecule has 0 atom stereocenters. The van der Waals surface area contributed by atoms with Gasteiger partial charge in [-0.25, -0.2) is 9.07 Å². The molecule has 0 bridgehead atoms. The van der Waals surface area contributed by atoms with Crippen molar-refractivity contribution < 1.29 is 13.9 Å². The van der Waals surface area contributed by atoms with Crippen molar-refractivity contribution in [1.29, 1.82) is 0 Å². The molecule has 2 aliphatic heterocycles. The molecule has 3 heterocycles. The largest absolute Gasteiger partial charge is 0.378 e. The molecule has 33 heavy (non-hydrogen) atoms. The van der Waals surface area contributed by atoms with Crippen LogP contribution >= 0.6 is 12.4 Å². The summed E-state index contributed by atoms with van der Waals surface area (Å²) in [6.45, 7) is 6.52. The van der Waals surface area contributed by atoms with Crippen LogP contribution in [0.1, 0.15) is 32.9 Å². The van der Waals surface area contributed by atoms with Crippen LogP contribution in [0.2, 0.25) is 0 Å². The van der Waals surface area contributed by atoms with E-state index in [0.29, 0.717) is 38.5 Å². The van der Waals surface area contributed by atoms with Crippen molar-refractivity contribution in [2.75, 3.05) is 32.8 Å². The van der Waals surface area contributed by atoms with E-state index in [-0.39, 0.29) is 24.1 Å². The monoisotopic (exact) mass is 471 g/mol. The van der Waals surface area contributed by atoms with Gasteiger partial charge in [-0.1, -0.05) is 29.5 Å². The topological polar surface area (TPSA) is 63.5 Å². The van der Waals surface area contributed by atoms with Crippen LogP contribution in [0.4, 0.5) is 4.39 Å². The molecule has 2 aliphatic rings. The molecule has 5 rings (SSSR count). The molecule has 1 aromatic heterocycles. The standard InChI is InChI=1S/C24H26FN5O2.ClH/c1-17-23(24(31)29-10-12-32-13-11-29)26-27-30(17)22-7-3-5-19-16-28(9-8-21(19)22)15-18-4-2-6-20(25)14-18;/h2-7,14H,8-13,15-16H2,1H3;1H. The summed E-state index contributed by atoms with van der Waals surface area (Å²) >= 11 is 0. The SMILES string of the molecule is Cc1c(C(=O)N2CCOCC2)nnn1-c1cccc2c1CCN(Cc1cccc(F)c1)C2.Cl. The molecule has 174 valence electrons. The maximum Gasteiger partial charge on any atom is 0.276 e. The lowest BCUT2D eigenvalue weighted by Crippen LogP contribution is -2.41. The van der Waals surface area contributed by atoms with Gasteiger partial charge in [0.2, 0.25) is 0 Å². The van der Waals surface area contributed by atoms with Crippen molar-refractivity contribution in [3.63, 3.8) is 0 Å². The predicted octanol–water partition coefficient (Wildman–Crippen LogP) is 3.17. The van der Waals surface area contributed by atoms with Crippen LogP contribution in [0.5, 0.6) is 0 Å². The number of nitrogens with zero attached hydrogens (tertiary/aromatic N) is 5. The van der Waals surface area contributed by atoms with Crippen LogP contribution in [-0.4, -0.2) is 63.5 Å². The molecule has 0 radical (unpaired) electrons. The number of amides is 1. The first kappa shape index (κ1) is 23.4. The number of fused-ring (bicyclic) bond motifs is 1. The van der Waals surface area contributed by atoms with Gasteiger partial charge < -0.3 is 9.64 Å². The summed E-state index contributed by atoms with van der Waals surface area (Å²) in [5.41, 5.74) is 5.54. The first-order valence-corrected chi connectivity index (χ1v) is 11.0. The first-order chi connectivity index (χ1) is 15.6. The zero-order chi connectivity index (χ0) is 22.1. The fourth-order valence-corrected chi connectivity index (χ4v) is 4.55. The van der Waals surface area contributed by atoms with E-state index < -0.39 is 0 Å². The van der Waals surface area contributed by atoms with Crippen LogP contribution in [0.25, 0.3) is 5.69 Å². The van der Waals surface area contributed by atoms with Crippen molar-refractivity contribution in [1.82, 2.24) is 24.8 Å². The molecule has 1 amide bonds. The molecule has 0 spiro atoms. The molecule has 0 N–H and O–H groups in total. The van der Waals surface area contributed by atoms with E-state index >= 15 is 0 Å². The number of aromatic nitrogens is 3. The van der Waals surface area contributed by atoms with E-state index in [2.05, 4.69) is 21.3 Å². The second-order valence-corrected chi connectivity index (χ2v) is 8.35. The van der Waals surface area contributed by atoms with E-state index in [4.69, 9.17) is 4.74 Å². The molecule has 1 fully saturated rings. The summed E-state index contributed by atoms with van der Waals surface area (Å²) in [6.07, 6.45) is 0.854. The fraction of sp³-hybridized carbons (Fsp3) is 0.375. The Hall–Kier alpha value is -2.81. The molecule has 0 unspecified atom stereocenters. The minimum absolute atomic E-state index is 0. The Morgan fingerprint density at radius 2 is 1.91 bits per heavy atom. The maximum absolute atomic E-state index is 13.5. The highest BCUT2D eigenvalue weighted by atomic mass is 35.5. The highest BCUT2D eigenvalue weighted by molar-refractivity contribution is 5.93. The number of hydrogen-bond donors (Lipinski definition) is 0. The molecule has 3 aromatic rings. The molecule has 0 saturated carbocycles.